The molecule has 1 heterocycles. The predicted molar refractivity (Wildman–Crippen MR) is 82.7 cm³/mol. The van der Waals surface area contributed by atoms with Gasteiger partial charge in [0.2, 0.25) is 0 Å². The predicted octanol–water partition coefficient (Wildman–Crippen LogP) is 4.43. The second-order valence-electron chi connectivity index (χ2n) is 4.88. The van der Waals surface area contributed by atoms with Crippen molar-refractivity contribution >= 4 is 27.3 Å². The van der Waals surface area contributed by atoms with Gasteiger partial charge in [0.25, 0.3) is 0 Å². The van der Waals surface area contributed by atoms with Gasteiger partial charge in [-0.3, -0.25) is 0 Å². The maximum Gasteiger partial charge on any atom is 0.122 e. The first-order valence-electron chi connectivity index (χ1n) is 6.46. The quantitative estimate of drug-likeness (QED) is 0.899. The van der Waals surface area contributed by atoms with Gasteiger partial charge in [-0.15, -0.1) is 11.3 Å². The van der Waals surface area contributed by atoms with Crippen molar-refractivity contribution in [2.75, 3.05) is 0 Å². The molecule has 0 fully saturated rings. The molecule has 19 heavy (non-hydrogen) atoms. The maximum atomic E-state index is 6.12. The lowest BCUT2D eigenvalue weighted by atomic mass is 9.88. The van der Waals surface area contributed by atoms with Gasteiger partial charge in [-0.1, -0.05) is 6.07 Å². The Morgan fingerprint density at radius 1 is 1.37 bits per heavy atom. The van der Waals surface area contributed by atoms with Gasteiger partial charge >= 0.3 is 0 Å². The maximum absolute atomic E-state index is 6.12. The molecule has 0 amide bonds. The summed E-state index contributed by atoms with van der Waals surface area (Å²) < 4.78 is 6.97. The first-order valence-corrected chi connectivity index (χ1v) is 8.14. The summed E-state index contributed by atoms with van der Waals surface area (Å²) in [6.07, 6.45) is 3.39. The van der Waals surface area contributed by atoms with Crippen molar-refractivity contribution < 1.29 is 4.74 Å². The summed E-state index contributed by atoms with van der Waals surface area (Å²) >= 11 is 5.16. The molecule has 0 radical (unpaired) electrons. The van der Waals surface area contributed by atoms with Crippen LogP contribution in [0.1, 0.15) is 34.9 Å². The number of nitrogens with two attached hydrogens (primary N) is 1. The first kappa shape index (κ1) is 13.2. The van der Waals surface area contributed by atoms with Gasteiger partial charge in [0, 0.05) is 20.8 Å². The van der Waals surface area contributed by atoms with Gasteiger partial charge in [-0.05, 0) is 64.5 Å². The van der Waals surface area contributed by atoms with Crippen molar-refractivity contribution in [3.63, 3.8) is 0 Å². The summed E-state index contributed by atoms with van der Waals surface area (Å²) in [6.45, 7) is 0.626. The van der Waals surface area contributed by atoms with Gasteiger partial charge in [0.15, 0.2) is 0 Å². The average molecular weight is 338 g/mol. The highest BCUT2D eigenvalue weighted by Gasteiger charge is 2.16. The fourth-order valence-electron chi connectivity index (χ4n) is 2.50. The molecule has 2 aromatic rings. The lowest BCUT2D eigenvalue weighted by Crippen LogP contribution is -2.17. The van der Waals surface area contributed by atoms with Crippen LogP contribution in [0.25, 0.3) is 0 Å². The molecule has 0 aliphatic heterocycles. The van der Waals surface area contributed by atoms with E-state index in [-0.39, 0.29) is 6.04 Å². The van der Waals surface area contributed by atoms with Crippen molar-refractivity contribution in [1.82, 2.24) is 0 Å². The Morgan fingerprint density at radius 2 is 2.26 bits per heavy atom. The zero-order valence-corrected chi connectivity index (χ0v) is 13.0. The zero-order chi connectivity index (χ0) is 13.2. The molecule has 3 rings (SSSR count). The molecule has 1 aromatic carbocycles. The van der Waals surface area contributed by atoms with Crippen LogP contribution in [0.2, 0.25) is 0 Å². The number of benzene rings is 1. The summed E-state index contributed by atoms with van der Waals surface area (Å²) in [7, 11) is 0. The first-order chi connectivity index (χ1) is 9.22. The van der Waals surface area contributed by atoms with E-state index in [0.29, 0.717) is 6.61 Å². The van der Waals surface area contributed by atoms with Crippen LogP contribution in [0.5, 0.6) is 5.75 Å². The number of aryl methyl sites for hydroxylation is 1. The van der Waals surface area contributed by atoms with Crippen LogP contribution in [0.3, 0.4) is 0 Å². The second-order valence-corrected chi connectivity index (χ2v) is 6.79. The lowest BCUT2D eigenvalue weighted by Gasteiger charge is -2.22. The standard InChI is InChI=1S/C15H16BrNOS/c16-11-7-13(19-9-11)8-18-12-4-5-14-10(6-12)2-1-3-15(14)17/h4-7,9,15H,1-3,8,17H2. The summed E-state index contributed by atoms with van der Waals surface area (Å²) in [4.78, 5) is 1.22. The smallest absolute Gasteiger partial charge is 0.122 e. The minimum atomic E-state index is 0.200. The molecule has 0 saturated heterocycles. The van der Waals surface area contributed by atoms with E-state index in [1.807, 2.05) is 6.07 Å². The van der Waals surface area contributed by atoms with Crippen LogP contribution in [0.15, 0.2) is 34.1 Å². The monoisotopic (exact) mass is 337 g/mol. The minimum Gasteiger partial charge on any atom is -0.488 e. The van der Waals surface area contributed by atoms with Crippen molar-refractivity contribution in [2.24, 2.45) is 5.73 Å². The number of halogens is 1. The molecule has 1 aliphatic carbocycles. The molecule has 0 bridgehead atoms. The van der Waals surface area contributed by atoms with Crippen LogP contribution in [-0.4, -0.2) is 0 Å². The van der Waals surface area contributed by atoms with Crippen LogP contribution >= 0.6 is 27.3 Å². The van der Waals surface area contributed by atoms with Gasteiger partial charge < -0.3 is 10.5 Å². The summed E-state index contributed by atoms with van der Waals surface area (Å²) in [6, 6.07) is 8.60. The van der Waals surface area contributed by atoms with E-state index in [4.69, 9.17) is 10.5 Å². The Balaban J connectivity index is 1.72. The summed E-state index contributed by atoms with van der Waals surface area (Å²) in [5.74, 6) is 0.942. The fraction of sp³-hybridized carbons (Fsp3) is 0.333. The molecule has 4 heteroatoms. The topological polar surface area (TPSA) is 35.2 Å². The Hall–Kier alpha value is -0.840. The van der Waals surface area contributed by atoms with E-state index in [0.717, 1.165) is 23.1 Å². The highest BCUT2D eigenvalue weighted by molar-refractivity contribution is 9.10. The molecule has 1 aromatic heterocycles. The number of fused-ring (bicyclic) bond motifs is 1. The number of hydrogen-bond acceptors (Lipinski definition) is 3. The molecule has 0 saturated carbocycles. The highest BCUT2D eigenvalue weighted by atomic mass is 79.9. The Morgan fingerprint density at radius 3 is 3.05 bits per heavy atom. The Bertz CT molecular complexity index is 581. The molecule has 2 nitrogen and oxygen atoms in total. The van der Waals surface area contributed by atoms with Crippen molar-refractivity contribution in [3.8, 4) is 5.75 Å². The van der Waals surface area contributed by atoms with Crippen molar-refractivity contribution in [1.29, 1.82) is 0 Å². The third-order valence-electron chi connectivity index (χ3n) is 3.48. The van der Waals surface area contributed by atoms with E-state index in [2.05, 4.69) is 39.5 Å². The SMILES string of the molecule is NC1CCCc2cc(OCc3cc(Br)cs3)ccc21. The molecular formula is C15H16BrNOS. The van der Waals surface area contributed by atoms with Crippen molar-refractivity contribution in [3.05, 3.63) is 50.1 Å². The van der Waals surface area contributed by atoms with E-state index in [9.17, 15) is 0 Å². The Kier molecular flexibility index (Phi) is 3.91. The van der Waals surface area contributed by atoms with Gasteiger partial charge in [-0.25, -0.2) is 0 Å². The molecule has 1 unspecified atom stereocenters. The van der Waals surface area contributed by atoms with Crippen LogP contribution in [0, 0.1) is 0 Å². The van der Waals surface area contributed by atoms with Gasteiger partial charge in [-0.2, -0.15) is 0 Å². The molecule has 2 N–H and O–H groups in total. The third-order valence-corrected chi connectivity index (χ3v) is 5.15. The number of thiophene rings is 1. The minimum absolute atomic E-state index is 0.200. The lowest BCUT2D eigenvalue weighted by molar-refractivity contribution is 0.309. The third kappa shape index (κ3) is 3.02. The van der Waals surface area contributed by atoms with Crippen LogP contribution in [0.4, 0.5) is 0 Å². The fourth-order valence-corrected chi connectivity index (χ4v) is 3.86. The largest absolute Gasteiger partial charge is 0.488 e. The number of rotatable bonds is 3. The number of ether oxygens (including phenoxy) is 1. The van der Waals surface area contributed by atoms with Crippen molar-refractivity contribution in [2.45, 2.75) is 31.9 Å². The second kappa shape index (κ2) is 5.65. The van der Waals surface area contributed by atoms with E-state index < -0.39 is 0 Å². The molecule has 0 spiro atoms. The normalized spacial score (nSPS) is 18.1. The van der Waals surface area contributed by atoms with E-state index >= 15 is 0 Å². The molecule has 100 valence electrons. The van der Waals surface area contributed by atoms with Gasteiger partial charge in [0.1, 0.15) is 12.4 Å². The zero-order valence-electron chi connectivity index (χ0n) is 10.6. The van der Waals surface area contributed by atoms with E-state index in [1.54, 1.807) is 11.3 Å². The Labute approximate surface area is 125 Å². The molecule has 1 atom stereocenters. The summed E-state index contributed by atoms with van der Waals surface area (Å²) in [5.41, 5.74) is 8.76. The summed E-state index contributed by atoms with van der Waals surface area (Å²) in [5, 5.41) is 2.07. The molecular weight excluding hydrogens is 322 g/mol. The average Bonchev–Trinajstić information content (AvgIpc) is 2.82. The highest BCUT2D eigenvalue weighted by Crippen LogP contribution is 2.31. The van der Waals surface area contributed by atoms with Crippen LogP contribution < -0.4 is 10.5 Å². The molecule has 1 aliphatic rings. The number of hydrogen-bond donors (Lipinski definition) is 1. The van der Waals surface area contributed by atoms with Crippen LogP contribution in [-0.2, 0) is 13.0 Å². The van der Waals surface area contributed by atoms with E-state index in [1.165, 1.54) is 22.4 Å². The van der Waals surface area contributed by atoms with Gasteiger partial charge in [0.05, 0.1) is 0 Å².